The lowest BCUT2D eigenvalue weighted by Crippen LogP contribution is -2.46. The molecule has 0 saturated carbocycles. The van der Waals surface area contributed by atoms with E-state index in [1.807, 2.05) is 45.0 Å². The molecule has 2 N–H and O–H groups in total. The van der Waals surface area contributed by atoms with Crippen molar-refractivity contribution < 1.29 is 14.7 Å². The van der Waals surface area contributed by atoms with Gasteiger partial charge < -0.3 is 15.3 Å². The standard InChI is InChI=1S/C19H28N2O3/c1-4-14(3)17(22)11-20-19(24)16-9-10-18(23)21(16)12-15-7-5-13(2)6-8-15/h5-8,14,16-17,22H,4,9-12H2,1-3H3,(H,20,24). The summed E-state index contributed by atoms with van der Waals surface area (Å²) in [7, 11) is 0. The topological polar surface area (TPSA) is 69.6 Å². The number of aryl methyl sites for hydroxylation is 1. The Kier molecular flexibility index (Phi) is 6.37. The molecular weight excluding hydrogens is 304 g/mol. The van der Waals surface area contributed by atoms with Gasteiger partial charge in [-0.2, -0.15) is 0 Å². The molecule has 24 heavy (non-hydrogen) atoms. The Balaban J connectivity index is 1.96. The van der Waals surface area contributed by atoms with E-state index < -0.39 is 12.1 Å². The number of hydrogen-bond donors (Lipinski definition) is 2. The van der Waals surface area contributed by atoms with E-state index in [1.165, 1.54) is 5.56 Å². The number of hydrogen-bond acceptors (Lipinski definition) is 3. The van der Waals surface area contributed by atoms with Gasteiger partial charge in [-0.05, 0) is 24.8 Å². The second-order valence-corrected chi connectivity index (χ2v) is 6.76. The first kappa shape index (κ1) is 18.5. The normalized spacial score (nSPS) is 20.1. The maximum absolute atomic E-state index is 12.4. The predicted octanol–water partition coefficient (Wildman–Crippen LogP) is 2.01. The monoisotopic (exact) mass is 332 g/mol. The third-order valence-corrected chi connectivity index (χ3v) is 4.89. The Labute approximate surface area is 144 Å². The molecule has 2 rings (SSSR count). The van der Waals surface area contributed by atoms with Gasteiger partial charge in [-0.1, -0.05) is 50.1 Å². The first-order valence-electron chi connectivity index (χ1n) is 8.73. The number of benzene rings is 1. The fourth-order valence-electron chi connectivity index (χ4n) is 2.89. The molecule has 1 aromatic rings. The van der Waals surface area contributed by atoms with E-state index in [0.29, 0.717) is 19.4 Å². The smallest absolute Gasteiger partial charge is 0.242 e. The Morgan fingerprint density at radius 3 is 2.67 bits per heavy atom. The lowest BCUT2D eigenvalue weighted by molar-refractivity contribution is -0.136. The molecule has 5 nitrogen and oxygen atoms in total. The highest BCUT2D eigenvalue weighted by atomic mass is 16.3. The van der Waals surface area contributed by atoms with Crippen molar-refractivity contribution in [2.45, 2.75) is 58.7 Å². The van der Waals surface area contributed by atoms with Crippen molar-refractivity contribution in [3.05, 3.63) is 35.4 Å². The number of nitrogens with zero attached hydrogens (tertiary/aromatic N) is 1. The van der Waals surface area contributed by atoms with E-state index in [2.05, 4.69) is 5.32 Å². The van der Waals surface area contributed by atoms with Crippen molar-refractivity contribution in [1.82, 2.24) is 10.2 Å². The number of amides is 2. The number of carbonyl (C=O) groups is 2. The van der Waals surface area contributed by atoms with Gasteiger partial charge in [0.2, 0.25) is 11.8 Å². The van der Waals surface area contributed by atoms with Crippen LogP contribution in [0.3, 0.4) is 0 Å². The maximum atomic E-state index is 12.4. The van der Waals surface area contributed by atoms with Crippen LogP contribution in [0.25, 0.3) is 0 Å². The number of likely N-dealkylation sites (tertiary alicyclic amines) is 1. The molecule has 1 aliphatic rings. The summed E-state index contributed by atoms with van der Waals surface area (Å²) in [5.74, 6) is -0.0207. The van der Waals surface area contributed by atoms with Crippen molar-refractivity contribution in [1.29, 1.82) is 0 Å². The fraction of sp³-hybridized carbons (Fsp3) is 0.579. The molecule has 1 saturated heterocycles. The lowest BCUT2D eigenvalue weighted by atomic mass is 10.0. The summed E-state index contributed by atoms with van der Waals surface area (Å²) >= 11 is 0. The number of aliphatic hydroxyl groups excluding tert-OH is 1. The fourth-order valence-corrected chi connectivity index (χ4v) is 2.89. The highest BCUT2D eigenvalue weighted by Crippen LogP contribution is 2.22. The first-order valence-corrected chi connectivity index (χ1v) is 8.73. The molecule has 0 aromatic heterocycles. The maximum Gasteiger partial charge on any atom is 0.242 e. The zero-order chi connectivity index (χ0) is 17.7. The number of nitrogens with one attached hydrogen (secondary N) is 1. The van der Waals surface area contributed by atoms with Crippen LogP contribution in [0.1, 0.15) is 44.2 Å². The van der Waals surface area contributed by atoms with Gasteiger partial charge in [0, 0.05) is 19.5 Å². The molecule has 2 amide bonds. The summed E-state index contributed by atoms with van der Waals surface area (Å²) in [5.41, 5.74) is 2.19. The van der Waals surface area contributed by atoms with E-state index in [9.17, 15) is 14.7 Å². The summed E-state index contributed by atoms with van der Waals surface area (Å²) < 4.78 is 0. The molecule has 1 heterocycles. The van der Waals surface area contributed by atoms with Crippen LogP contribution in [0.15, 0.2) is 24.3 Å². The van der Waals surface area contributed by atoms with Crippen LogP contribution in [0.4, 0.5) is 0 Å². The molecule has 3 atom stereocenters. The quantitative estimate of drug-likeness (QED) is 0.802. The van der Waals surface area contributed by atoms with Crippen LogP contribution in [0.5, 0.6) is 0 Å². The van der Waals surface area contributed by atoms with Gasteiger partial charge in [-0.15, -0.1) is 0 Å². The summed E-state index contributed by atoms with van der Waals surface area (Å²) in [4.78, 5) is 26.2. The summed E-state index contributed by atoms with van der Waals surface area (Å²) in [6, 6.07) is 7.55. The molecule has 1 fully saturated rings. The number of carbonyl (C=O) groups excluding carboxylic acids is 2. The molecule has 3 unspecified atom stereocenters. The van der Waals surface area contributed by atoms with Gasteiger partial charge >= 0.3 is 0 Å². The zero-order valence-electron chi connectivity index (χ0n) is 14.8. The van der Waals surface area contributed by atoms with Gasteiger partial charge in [-0.3, -0.25) is 9.59 Å². The summed E-state index contributed by atoms with van der Waals surface area (Å²) in [6.45, 7) is 6.67. The zero-order valence-corrected chi connectivity index (χ0v) is 14.8. The van der Waals surface area contributed by atoms with Gasteiger partial charge in [0.05, 0.1) is 6.10 Å². The van der Waals surface area contributed by atoms with Crippen molar-refractivity contribution >= 4 is 11.8 Å². The SMILES string of the molecule is CCC(C)C(O)CNC(=O)C1CCC(=O)N1Cc1ccc(C)cc1. The second kappa shape index (κ2) is 8.29. The van der Waals surface area contributed by atoms with E-state index in [0.717, 1.165) is 12.0 Å². The average Bonchev–Trinajstić information content (AvgIpc) is 2.94. The van der Waals surface area contributed by atoms with Crippen LogP contribution in [0.2, 0.25) is 0 Å². The average molecular weight is 332 g/mol. The molecular formula is C19H28N2O3. The van der Waals surface area contributed by atoms with Crippen LogP contribution >= 0.6 is 0 Å². The number of aliphatic hydroxyl groups is 1. The van der Waals surface area contributed by atoms with Gasteiger partial charge in [0.1, 0.15) is 6.04 Å². The molecule has 132 valence electrons. The third kappa shape index (κ3) is 4.57. The van der Waals surface area contributed by atoms with Crippen molar-refractivity contribution in [2.24, 2.45) is 5.92 Å². The number of rotatable bonds is 7. The Morgan fingerprint density at radius 2 is 2.04 bits per heavy atom. The van der Waals surface area contributed by atoms with Crippen LogP contribution in [-0.2, 0) is 16.1 Å². The van der Waals surface area contributed by atoms with E-state index in [-0.39, 0.29) is 24.3 Å². The van der Waals surface area contributed by atoms with Crippen molar-refractivity contribution in [2.75, 3.05) is 6.54 Å². The first-order chi connectivity index (χ1) is 11.4. The van der Waals surface area contributed by atoms with Crippen LogP contribution < -0.4 is 5.32 Å². The Morgan fingerprint density at radius 1 is 1.38 bits per heavy atom. The predicted molar refractivity (Wildman–Crippen MR) is 93.2 cm³/mol. The van der Waals surface area contributed by atoms with Crippen molar-refractivity contribution in [3.63, 3.8) is 0 Å². The Hall–Kier alpha value is -1.88. The Bertz CT molecular complexity index is 570. The van der Waals surface area contributed by atoms with Crippen LogP contribution in [-0.4, -0.2) is 40.5 Å². The minimum absolute atomic E-state index is 0.0122. The summed E-state index contributed by atoms with van der Waals surface area (Å²) in [6.07, 6.45) is 1.24. The second-order valence-electron chi connectivity index (χ2n) is 6.76. The van der Waals surface area contributed by atoms with E-state index >= 15 is 0 Å². The van der Waals surface area contributed by atoms with E-state index in [4.69, 9.17) is 0 Å². The minimum atomic E-state index is -0.554. The van der Waals surface area contributed by atoms with Crippen molar-refractivity contribution in [3.8, 4) is 0 Å². The highest BCUT2D eigenvalue weighted by Gasteiger charge is 2.36. The van der Waals surface area contributed by atoms with Gasteiger partial charge in [0.25, 0.3) is 0 Å². The molecule has 0 aliphatic carbocycles. The summed E-state index contributed by atoms with van der Waals surface area (Å²) in [5, 5.41) is 12.8. The molecule has 0 radical (unpaired) electrons. The van der Waals surface area contributed by atoms with Gasteiger partial charge in [0.15, 0.2) is 0 Å². The lowest BCUT2D eigenvalue weighted by Gasteiger charge is -2.25. The third-order valence-electron chi connectivity index (χ3n) is 4.89. The highest BCUT2D eigenvalue weighted by molar-refractivity contribution is 5.90. The minimum Gasteiger partial charge on any atom is -0.391 e. The van der Waals surface area contributed by atoms with Crippen LogP contribution in [0, 0.1) is 12.8 Å². The van der Waals surface area contributed by atoms with Gasteiger partial charge in [-0.25, -0.2) is 0 Å². The molecule has 5 heteroatoms. The largest absolute Gasteiger partial charge is 0.391 e. The molecule has 0 bridgehead atoms. The molecule has 0 spiro atoms. The molecule has 1 aromatic carbocycles. The molecule has 1 aliphatic heterocycles. The van der Waals surface area contributed by atoms with E-state index in [1.54, 1.807) is 4.90 Å².